The van der Waals surface area contributed by atoms with Crippen molar-refractivity contribution in [1.29, 1.82) is 0 Å². The number of fused-ring (bicyclic) bond motifs is 1. The summed E-state index contributed by atoms with van der Waals surface area (Å²) in [7, 11) is 0. The number of aromatic nitrogens is 2. The van der Waals surface area contributed by atoms with Crippen molar-refractivity contribution in [1.82, 2.24) is 9.78 Å². The van der Waals surface area contributed by atoms with E-state index < -0.39 is 0 Å². The number of hydrogen-bond donors (Lipinski definition) is 1. The summed E-state index contributed by atoms with van der Waals surface area (Å²) < 4.78 is 2.00. The van der Waals surface area contributed by atoms with Crippen molar-refractivity contribution < 1.29 is 0 Å². The zero-order valence-corrected chi connectivity index (χ0v) is 17.3. The van der Waals surface area contributed by atoms with Crippen LogP contribution >= 0.6 is 34.8 Å². The maximum atomic E-state index is 6.41. The minimum Gasteiger partial charge on any atom is -0.370 e. The molecule has 0 bridgehead atoms. The second kappa shape index (κ2) is 7.75. The average Bonchev–Trinajstić information content (AvgIpc) is 2.80. The molecule has 0 saturated heterocycles. The first kappa shape index (κ1) is 18.7. The molecule has 0 fully saturated rings. The molecule has 27 heavy (non-hydrogen) atoms. The Morgan fingerprint density at radius 2 is 1.81 bits per heavy atom. The Balaban J connectivity index is 1.83. The summed E-state index contributed by atoms with van der Waals surface area (Å²) in [5, 5.41) is 10.6. The van der Waals surface area contributed by atoms with Gasteiger partial charge in [-0.15, -0.1) is 0 Å². The van der Waals surface area contributed by atoms with Gasteiger partial charge in [0.2, 0.25) is 0 Å². The van der Waals surface area contributed by atoms with E-state index >= 15 is 0 Å². The van der Waals surface area contributed by atoms with Crippen LogP contribution in [0.2, 0.25) is 15.1 Å². The lowest BCUT2D eigenvalue weighted by Gasteiger charge is -2.12. The Morgan fingerprint density at radius 1 is 1.04 bits per heavy atom. The highest BCUT2D eigenvalue weighted by atomic mass is 35.5. The van der Waals surface area contributed by atoms with E-state index in [4.69, 9.17) is 39.9 Å². The number of aryl methyl sites for hydroxylation is 1. The zero-order valence-electron chi connectivity index (χ0n) is 15.0. The van der Waals surface area contributed by atoms with Crippen LogP contribution in [0.5, 0.6) is 0 Å². The lowest BCUT2D eigenvalue weighted by molar-refractivity contribution is 0.767. The molecule has 0 atom stereocenters. The first-order valence-corrected chi connectivity index (χ1v) is 10.2. The van der Waals surface area contributed by atoms with E-state index in [9.17, 15) is 0 Å². The molecule has 1 aromatic heterocycles. The fourth-order valence-corrected chi connectivity index (χ4v) is 4.19. The summed E-state index contributed by atoms with van der Waals surface area (Å²) >= 11 is 18.7. The Labute approximate surface area is 174 Å². The molecule has 0 saturated carbocycles. The number of anilines is 1. The molecular weight excluding hydrogens is 401 g/mol. The number of halogens is 3. The Hall–Kier alpha value is -1.68. The van der Waals surface area contributed by atoms with E-state index in [0.29, 0.717) is 21.5 Å². The van der Waals surface area contributed by atoms with Crippen LogP contribution in [0.15, 0.2) is 36.4 Å². The molecule has 2 heterocycles. The fourth-order valence-electron chi connectivity index (χ4n) is 3.55. The molecule has 1 aliphatic rings. The van der Waals surface area contributed by atoms with Gasteiger partial charge in [0.25, 0.3) is 0 Å². The summed E-state index contributed by atoms with van der Waals surface area (Å²) in [4.78, 5) is 0. The van der Waals surface area contributed by atoms with Crippen LogP contribution in [0, 0.1) is 6.92 Å². The Bertz CT molecular complexity index is 995. The number of nitrogens with zero attached hydrogens (tertiary/aromatic N) is 2. The van der Waals surface area contributed by atoms with Gasteiger partial charge < -0.3 is 5.32 Å². The van der Waals surface area contributed by atoms with Gasteiger partial charge in [-0.3, -0.25) is 0 Å². The number of hydrogen-bond acceptors (Lipinski definition) is 2. The van der Waals surface area contributed by atoms with Crippen LogP contribution in [0.1, 0.15) is 35.2 Å². The minimum absolute atomic E-state index is 0.643. The van der Waals surface area contributed by atoms with Crippen molar-refractivity contribution in [2.24, 2.45) is 0 Å². The molecular formula is C21H20Cl3N3. The second-order valence-corrected chi connectivity index (χ2v) is 8.19. The molecule has 1 N–H and O–H groups in total. The molecule has 6 heteroatoms. The van der Waals surface area contributed by atoms with Gasteiger partial charge in [-0.05, 0) is 61.6 Å². The second-order valence-electron chi connectivity index (χ2n) is 6.91. The third-order valence-corrected chi connectivity index (χ3v) is 5.81. The normalized spacial score (nSPS) is 13.8. The molecule has 1 aliphatic heterocycles. The third-order valence-electron chi connectivity index (χ3n) is 4.99. The first-order valence-electron chi connectivity index (χ1n) is 9.08. The van der Waals surface area contributed by atoms with Gasteiger partial charge in [-0.25, -0.2) is 4.68 Å². The largest absolute Gasteiger partial charge is 0.370 e. The lowest BCUT2D eigenvalue weighted by atomic mass is 10.0. The van der Waals surface area contributed by atoms with Crippen LogP contribution < -0.4 is 5.32 Å². The predicted molar refractivity (Wildman–Crippen MR) is 114 cm³/mol. The van der Waals surface area contributed by atoms with Gasteiger partial charge in [-0.1, -0.05) is 46.9 Å². The summed E-state index contributed by atoms with van der Waals surface area (Å²) in [6.07, 6.45) is 3.96. The van der Waals surface area contributed by atoms with Gasteiger partial charge in [-0.2, -0.15) is 5.10 Å². The zero-order chi connectivity index (χ0) is 19.0. The van der Waals surface area contributed by atoms with Gasteiger partial charge in [0.1, 0.15) is 5.82 Å². The molecule has 4 rings (SSSR count). The minimum atomic E-state index is 0.643. The molecule has 0 unspecified atom stereocenters. The van der Waals surface area contributed by atoms with Crippen molar-refractivity contribution in [3.05, 3.63) is 73.9 Å². The van der Waals surface area contributed by atoms with Gasteiger partial charge in [0, 0.05) is 33.6 Å². The molecule has 2 aromatic carbocycles. The highest BCUT2D eigenvalue weighted by Gasteiger charge is 2.22. The topological polar surface area (TPSA) is 29.9 Å². The van der Waals surface area contributed by atoms with E-state index in [2.05, 4.69) is 12.2 Å². The number of rotatable bonds is 3. The van der Waals surface area contributed by atoms with Crippen LogP contribution in [0.25, 0.3) is 5.69 Å². The van der Waals surface area contributed by atoms with Crippen molar-refractivity contribution in [2.45, 2.75) is 32.6 Å². The monoisotopic (exact) mass is 419 g/mol. The maximum Gasteiger partial charge on any atom is 0.133 e. The van der Waals surface area contributed by atoms with Crippen LogP contribution in [-0.2, 0) is 12.8 Å². The van der Waals surface area contributed by atoms with E-state index in [1.807, 2.05) is 35.0 Å². The van der Waals surface area contributed by atoms with E-state index in [1.54, 1.807) is 6.07 Å². The fraction of sp³-hybridized carbons (Fsp3) is 0.286. The smallest absolute Gasteiger partial charge is 0.133 e. The SMILES string of the molecule is Cc1ccc(Cl)cc1-n1nc(Cc2ccc(Cl)cc2Cl)c2c1NCCCC2. The molecule has 0 aliphatic carbocycles. The van der Waals surface area contributed by atoms with Crippen molar-refractivity contribution in [3.63, 3.8) is 0 Å². The maximum absolute atomic E-state index is 6.41. The lowest BCUT2D eigenvalue weighted by Crippen LogP contribution is -2.08. The molecule has 0 amide bonds. The van der Waals surface area contributed by atoms with Crippen LogP contribution in [0.4, 0.5) is 5.82 Å². The molecule has 3 aromatic rings. The van der Waals surface area contributed by atoms with Crippen molar-refractivity contribution in [3.8, 4) is 5.69 Å². The van der Waals surface area contributed by atoms with E-state index in [0.717, 1.165) is 54.1 Å². The quantitative estimate of drug-likeness (QED) is 0.525. The van der Waals surface area contributed by atoms with Gasteiger partial charge in [0.05, 0.1) is 11.4 Å². The van der Waals surface area contributed by atoms with Gasteiger partial charge in [0.15, 0.2) is 0 Å². The summed E-state index contributed by atoms with van der Waals surface area (Å²) in [5.41, 5.74) is 5.47. The Kier molecular flexibility index (Phi) is 5.36. The summed E-state index contributed by atoms with van der Waals surface area (Å²) in [6, 6.07) is 11.5. The average molecular weight is 421 g/mol. The number of benzene rings is 2. The van der Waals surface area contributed by atoms with Crippen LogP contribution in [-0.4, -0.2) is 16.3 Å². The molecule has 0 spiro atoms. The number of nitrogens with one attached hydrogen (secondary N) is 1. The van der Waals surface area contributed by atoms with Crippen molar-refractivity contribution >= 4 is 40.6 Å². The highest BCUT2D eigenvalue weighted by Crippen LogP contribution is 2.32. The van der Waals surface area contributed by atoms with Crippen molar-refractivity contribution in [2.75, 3.05) is 11.9 Å². The summed E-state index contributed by atoms with van der Waals surface area (Å²) in [6.45, 7) is 3.02. The van der Waals surface area contributed by atoms with Gasteiger partial charge >= 0.3 is 0 Å². The third kappa shape index (κ3) is 3.82. The molecule has 140 valence electrons. The standard InChI is InChI=1S/C21H20Cl3N3/c1-13-5-7-16(23)12-20(13)27-21-17(4-2-3-9-25-21)19(26-27)10-14-6-8-15(22)11-18(14)24/h5-8,11-12,25H,2-4,9-10H2,1H3. The first-order chi connectivity index (χ1) is 13.0. The highest BCUT2D eigenvalue weighted by molar-refractivity contribution is 6.35. The Morgan fingerprint density at radius 3 is 2.63 bits per heavy atom. The predicted octanol–water partition coefficient (Wildman–Crippen LogP) is 6.48. The molecule has 0 radical (unpaired) electrons. The molecule has 3 nitrogen and oxygen atoms in total. The van der Waals surface area contributed by atoms with E-state index in [1.165, 1.54) is 5.56 Å². The van der Waals surface area contributed by atoms with Crippen LogP contribution in [0.3, 0.4) is 0 Å². The van der Waals surface area contributed by atoms with E-state index in [-0.39, 0.29) is 0 Å². The summed E-state index contributed by atoms with van der Waals surface area (Å²) in [5.74, 6) is 1.07.